The van der Waals surface area contributed by atoms with E-state index in [0.717, 1.165) is 0 Å². The standard InChI is InChI=1S/C13H24N2O4/c1-13(2,18)9-14(3)12(17)10-7-11(16)15(8-10)5-6-19-4/h10,18H,5-9H2,1-4H3. The summed E-state index contributed by atoms with van der Waals surface area (Å²) in [6.45, 7) is 5.01. The molecular weight excluding hydrogens is 248 g/mol. The van der Waals surface area contributed by atoms with Crippen LogP contribution in [0.2, 0.25) is 0 Å². The molecule has 0 aromatic carbocycles. The fourth-order valence-corrected chi connectivity index (χ4v) is 2.33. The third-order valence-electron chi connectivity index (χ3n) is 3.13. The van der Waals surface area contributed by atoms with Gasteiger partial charge in [-0.15, -0.1) is 0 Å². The molecule has 1 aliphatic rings. The number of hydrogen-bond donors (Lipinski definition) is 1. The Kier molecular flexibility index (Phi) is 5.31. The first kappa shape index (κ1) is 15.9. The van der Waals surface area contributed by atoms with Crippen LogP contribution in [0.1, 0.15) is 20.3 Å². The molecule has 1 unspecified atom stereocenters. The molecule has 0 radical (unpaired) electrons. The summed E-state index contributed by atoms with van der Waals surface area (Å²) in [7, 11) is 3.24. The molecule has 1 rings (SSSR count). The van der Waals surface area contributed by atoms with Crippen LogP contribution in [-0.2, 0) is 14.3 Å². The van der Waals surface area contributed by atoms with Gasteiger partial charge < -0.3 is 19.6 Å². The Labute approximate surface area is 114 Å². The van der Waals surface area contributed by atoms with Crippen molar-refractivity contribution < 1.29 is 19.4 Å². The number of hydrogen-bond acceptors (Lipinski definition) is 4. The number of aliphatic hydroxyl groups is 1. The number of methoxy groups -OCH3 is 1. The lowest BCUT2D eigenvalue weighted by molar-refractivity contribution is -0.137. The van der Waals surface area contributed by atoms with Crippen LogP contribution in [0.5, 0.6) is 0 Å². The Morgan fingerprint density at radius 3 is 2.74 bits per heavy atom. The number of likely N-dealkylation sites (tertiary alicyclic amines) is 1. The molecule has 1 aliphatic heterocycles. The quantitative estimate of drug-likeness (QED) is 0.721. The van der Waals surface area contributed by atoms with Crippen molar-refractivity contribution in [1.29, 1.82) is 0 Å². The van der Waals surface area contributed by atoms with Crippen LogP contribution in [0.25, 0.3) is 0 Å². The van der Waals surface area contributed by atoms with E-state index in [1.54, 1.807) is 32.9 Å². The number of carbonyl (C=O) groups excluding carboxylic acids is 2. The number of rotatable bonds is 6. The molecule has 1 atom stereocenters. The van der Waals surface area contributed by atoms with E-state index in [4.69, 9.17) is 4.74 Å². The molecule has 0 spiro atoms. The molecule has 0 bridgehead atoms. The van der Waals surface area contributed by atoms with Crippen molar-refractivity contribution in [3.05, 3.63) is 0 Å². The van der Waals surface area contributed by atoms with Gasteiger partial charge in [0.05, 0.1) is 18.1 Å². The van der Waals surface area contributed by atoms with E-state index in [0.29, 0.717) is 19.7 Å². The molecule has 1 N–H and O–H groups in total. The van der Waals surface area contributed by atoms with Crippen molar-refractivity contribution in [3.63, 3.8) is 0 Å². The topological polar surface area (TPSA) is 70.1 Å². The predicted octanol–water partition coefficient (Wildman–Crippen LogP) is -0.289. The van der Waals surface area contributed by atoms with E-state index in [-0.39, 0.29) is 30.7 Å². The molecule has 2 amide bonds. The Morgan fingerprint density at radius 1 is 1.58 bits per heavy atom. The van der Waals surface area contributed by atoms with Gasteiger partial charge in [-0.05, 0) is 13.8 Å². The van der Waals surface area contributed by atoms with E-state index in [9.17, 15) is 14.7 Å². The Hall–Kier alpha value is -1.14. The Morgan fingerprint density at radius 2 is 2.21 bits per heavy atom. The van der Waals surface area contributed by atoms with Crippen LogP contribution >= 0.6 is 0 Å². The number of likely N-dealkylation sites (N-methyl/N-ethyl adjacent to an activating group) is 1. The van der Waals surface area contributed by atoms with Gasteiger partial charge in [0.2, 0.25) is 11.8 Å². The molecule has 6 nitrogen and oxygen atoms in total. The zero-order valence-corrected chi connectivity index (χ0v) is 12.2. The molecular formula is C13H24N2O4. The van der Waals surface area contributed by atoms with Gasteiger partial charge in [0.1, 0.15) is 0 Å². The van der Waals surface area contributed by atoms with Gasteiger partial charge in [0.25, 0.3) is 0 Å². The van der Waals surface area contributed by atoms with Gasteiger partial charge in [-0.25, -0.2) is 0 Å². The predicted molar refractivity (Wildman–Crippen MR) is 70.5 cm³/mol. The highest BCUT2D eigenvalue weighted by atomic mass is 16.5. The largest absolute Gasteiger partial charge is 0.389 e. The summed E-state index contributed by atoms with van der Waals surface area (Å²) in [5.41, 5.74) is -0.928. The van der Waals surface area contributed by atoms with Crippen molar-refractivity contribution in [2.75, 3.05) is 40.4 Å². The number of carbonyl (C=O) groups is 2. The van der Waals surface area contributed by atoms with Gasteiger partial charge in [-0.3, -0.25) is 9.59 Å². The van der Waals surface area contributed by atoms with E-state index >= 15 is 0 Å². The van der Waals surface area contributed by atoms with Crippen LogP contribution in [0.15, 0.2) is 0 Å². The second-order valence-corrected chi connectivity index (χ2v) is 5.74. The van der Waals surface area contributed by atoms with Gasteiger partial charge in [-0.2, -0.15) is 0 Å². The van der Waals surface area contributed by atoms with Crippen LogP contribution < -0.4 is 0 Å². The zero-order valence-electron chi connectivity index (χ0n) is 12.2. The van der Waals surface area contributed by atoms with Gasteiger partial charge in [0, 0.05) is 40.2 Å². The molecule has 0 aliphatic carbocycles. The van der Waals surface area contributed by atoms with Crippen molar-refractivity contribution >= 4 is 11.8 Å². The van der Waals surface area contributed by atoms with E-state index in [2.05, 4.69) is 0 Å². The molecule has 110 valence electrons. The van der Waals surface area contributed by atoms with Crippen LogP contribution in [-0.4, -0.2) is 72.7 Å². The number of nitrogens with zero attached hydrogens (tertiary/aromatic N) is 2. The fraction of sp³-hybridized carbons (Fsp3) is 0.846. The molecule has 6 heteroatoms. The highest BCUT2D eigenvalue weighted by Crippen LogP contribution is 2.20. The van der Waals surface area contributed by atoms with Crippen LogP contribution in [0.4, 0.5) is 0 Å². The maximum Gasteiger partial charge on any atom is 0.227 e. The minimum absolute atomic E-state index is 0.00735. The molecule has 1 saturated heterocycles. The van der Waals surface area contributed by atoms with E-state index in [1.807, 2.05) is 0 Å². The lowest BCUT2D eigenvalue weighted by Gasteiger charge is -2.27. The third kappa shape index (κ3) is 4.80. The first-order valence-corrected chi connectivity index (χ1v) is 6.48. The molecule has 1 heterocycles. The van der Waals surface area contributed by atoms with Gasteiger partial charge >= 0.3 is 0 Å². The van der Waals surface area contributed by atoms with Crippen molar-refractivity contribution in [3.8, 4) is 0 Å². The average Bonchev–Trinajstić information content (AvgIpc) is 2.64. The maximum atomic E-state index is 12.2. The van der Waals surface area contributed by atoms with Crippen LogP contribution in [0, 0.1) is 5.92 Å². The van der Waals surface area contributed by atoms with Crippen molar-refractivity contribution in [2.45, 2.75) is 25.9 Å². The molecule has 19 heavy (non-hydrogen) atoms. The summed E-state index contributed by atoms with van der Waals surface area (Å²) in [6.07, 6.45) is 0.249. The summed E-state index contributed by atoms with van der Waals surface area (Å²) in [6, 6.07) is 0. The Balaban J connectivity index is 2.53. The minimum Gasteiger partial charge on any atom is -0.389 e. The van der Waals surface area contributed by atoms with Gasteiger partial charge in [-0.1, -0.05) is 0 Å². The first-order valence-electron chi connectivity index (χ1n) is 6.48. The SMILES string of the molecule is COCCN1CC(C(=O)N(C)CC(C)(C)O)CC1=O. The average molecular weight is 272 g/mol. The second-order valence-electron chi connectivity index (χ2n) is 5.74. The van der Waals surface area contributed by atoms with E-state index < -0.39 is 5.60 Å². The highest BCUT2D eigenvalue weighted by Gasteiger charge is 2.36. The lowest BCUT2D eigenvalue weighted by atomic mass is 10.1. The second kappa shape index (κ2) is 6.34. The summed E-state index contributed by atoms with van der Waals surface area (Å²) in [5, 5.41) is 9.71. The van der Waals surface area contributed by atoms with Crippen molar-refractivity contribution in [2.24, 2.45) is 5.92 Å². The highest BCUT2D eigenvalue weighted by molar-refractivity contribution is 5.89. The number of ether oxygens (including phenoxy) is 1. The van der Waals surface area contributed by atoms with Crippen LogP contribution in [0.3, 0.4) is 0 Å². The summed E-state index contributed by atoms with van der Waals surface area (Å²) in [5.74, 6) is -0.404. The molecule has 1 fully saturated rings. The first-order chi connectivity index (χ1) is 8.74. The normalized spacial score (nSPS) is 19.9. The monoisotopic (exact) mass is 272 g/mol. The zero-order chi connectivity index (χ0) is 14.6. The fourth-order valence-electron chi connectivity index (χ4n) is 2.33. The summed E-state index contributed by atoms with van der Waals surface area (Å²) in [4.78, 5) is 27.1. The summed E-state index contributed by atoms with van der Waals surface area (Å²) >= 11 is 0. The molecule has 0 aromatic heterocycles. The summed E-state index contributed by atoms with van der Waals surface area (Å²) < 4.78 is 4.94. The minimum atomic E-state index is -0.928. The molecule has 0 aromatic rings. The maximum absolute atomic E-state index is 12.2. The Bertz CT molecular complexity index is 338. The van der Waals surface area contributed by atoms with E-state index in [1.165, 1.54) is 4.90 Å². The smallest absolute Gasteiger partial charge is 0.227 e. The molecule has 0 saturated carbocycles. The lowest BCUT2D eigenvalue weighted by Crippen LogP contribution is -2.43. The third-order valence-corrected chi connectivity index (χ3v) is 3.13. The van der Waals surface area contributed by atoms with Gasteiger partial charge in [0.15, 0.2) is 0 Å². The number of amides is 2. The van der Waals surface area contributed by atoms with Crippen molar-refractivity contribution in [1.82, 2.24) is 9.80 Å².